The maximum Gasteiger partial charge on any atom is 0.303 e. The Kier molecular flexibility index (Phi) is 22.8. The molecule has 0 spiro atoms. The number of hydrogen-bond donors (Lipinski definition) is 1. The van der Waals surface area contributed by atoms with E-state index in [4.69, 9.17) is 9.47 Å². The van der Waals surface area contributed by atoms with E-state index in [9.17, 15) is 19.2 Å². The van der Waals surface area contributed by atoms with Crippen molar-refractivity contribution < 1.29 is 28.7 Å². The van der Waals surface area contributed by atoms with Gasteiger partial charge in [-0.05, 0) is 63.4 Å². The lowest BCUT2D eigenvalue weighted by molar-refractivity contribution is -0.146. The van der Waals surface area contributed by atoms with Crippen molar-refractivity contribution in [3.63, 3.8) is 0 Å². The van der Waals surface area contributed by atoms with Crippen LogP contribution < -0.4 is 5.32 Å². The maximum atomic E-state index is 13.3. The molecule has 0 aromatic rings. The van der Waals surface area contributed by atoms with Crippen molar-refractivity contribution in [2.45, 2.75) is 128 Å². The summed E-state index contributed by atoms with van der Waals surface area (Å²) < 4.78 is 11.7. The van der Waals surface area contributed by atoms with E-state index in [1.165, 1.54) is 13.0 Å². The zero-order chi connectivity index (χ0) is 35.4. The summed E-state index contributed by atoms with van der Waals surface area (Å²) >= 11 is 0. The quantitative estimate of drug-likeness (QED) is 0.191. The lowest BCUT2D eigenvalue weighted by Gasteiger charge is -2.31. The normalized spacial score (nSPS) is 29.3. The van der Waals surface area contributed by atoms with E-state index in [0.717, 1.165) is 12.0 Å². The number of Topliss-reactive ketones (excluding diaryl/α,β-unsaturated/α-hetero) is 1. The molecule has 7 heteroatoms. The number of ether oxygens (including phenoxy) is 2. The van der Waals surface area contributed by atoms with Crippen molar-refractivity contribution in [3.8, 4) is 0 Å². The first-order valence-electron chi connectivity index (χ1n) is 16.9. The standard InChI is InChI=1S/C32H45NO6.3C2H6/c1-10-25-13-11-12-19(3)32(37)33-27-17-28(35)23(7)26(30(27)36)14-18(2)15-29(38-9)22(6)20(4)16-21(5)31(25)39-24(8)34;3*1-2/h11-13,16-18,20,22,25,29,31H,10,14-15H2,1-9H3,(H,33,37);3*1-2H3/b13-11-,19-12+,21-16+;;;/t18-,20+,22?,25?,29?,31?;;;/m1.../s1. The van der Waals surface area contributed by atoms with E-state index in [1.807, 2.05) is 68.4 Å². The highest BCUT2D eigenvalue weighted by molar-refractivity contribution is 6.23. The minimum absolute atomic E-state index is 0.00101. The van der Waals surface area contributed by atoms with Crippen LogP contribution >= 0.6 is 0 Å². The molecule has 0 saturated heterocycles. The summed E-state index contributed by atoms with van der Waals surface area (Å²) in [5.41, 5.74) is 2.20. The average Bonchev–Trinajstić information content (AvgIpc) is 3.03. The minimum Gasteiger partial charge on any atom is -0.457 e. The van der Waals surface area contributed by atoms with Crippen LogP contribution in [0.1, 0.15) is 116 Å². The van der Waals surface area contributed by atoms with Gasteiger partial charge in [-0.2, -0.15) is 0 Å². The molecular weight excluding hydrogens is 566 g/mol. The van der Waals surface area contributed by atoms with E-state index in [-0.39, 0.29) is 53.0 Å². The second-order valence-corrected chi connectivity index (χ2v) is 11.1. The van der Waals surface area contributed by atoms with Gasteiger partial charge in [-0.15, -0.1) is 0 Å². The summed E-state index contributed by atoms with van der Waals surface area (Å²) in [4.78, 5) is 50.9. The summed E-state index contributed by atoms with van der Waals surface area (Å²) in [6.45, 7) is 27.0. The van der Waals surface area contributed by atoms with Crippen molar-refractivity contribution in [3.05, 3.63) is 58.4 Å². The van der Waals surface area contributed by atoms with Crippen LogP contribution in [-0.2, 0) is 28.7 Å². The van der Waals surface area contributed by atoms with Gasteiger partial charge in [-0.1, -0.05) is 93.5 Å². The molecule has 1 N–H and O–H groups in total. The third-order valence-corrected chi connectivity index (χ3v) is 7.96. The van der Waals surface area contributed by atoms with Crippen molar-refractivity contribution in [1.82, 2.24) is 5.32 Å². The molecule has 1 amide bonds. The van der Waals surface area contributed by atoms with E-state index < -0.39 is 12.0 Å². The Labute approximate surface area is 274 Å². The molecule has 2 aliphatic rings. The molecule has 45 heavy (non-hydrogen) atoms. The van der Waals surface area contributed by atoms with Crippen LogP contribution in [0.3, 0.4) is 0 Å². The fourth-order valence-corrected chi connectivity index (χ4v) is 5.27. The Bertz CT molecular complexity index is 1120. The van der Waals surface area contributed by atoms with Gasteiger partial charge >= 0.3 is 5.97 Å². The summed E-state index contributed by atoms with van der Waals surface area (Å²) in [6.07, 6.45) is 10.0. The lowest BCUT2D eigenvalue weighted by atomic mass is 9.81. The number of carbonyl (C=O) groups is 4. The smallest absolute Gasteiger partial charge is 0.303 e. The van der Waals surface area contributed by atoms with Gasteiger partial charge in [0, 0.05) is 42.7 Å². The highest BCUT2D eigenvalue weighted by atomic mass is 16.5. The molecule has 0 aromatic carbocycles. The maximum absolute atomic E-state index is 13.3. The molecule has 2 rings (SSSR count). The first-order chi connectivity index (χ1) is 21.3. The Morgan fingerprint density at radius 2 is 1.56 bits per heavy atom. The third kappa shape index (κ3) is 13.9. The van der Waals surface area contributed by atoms with Gasteiger partial charge in [0.2, 0.25) is 5.78 Å². The highest BCUT2D eigenvalue weighted by Gasteiger charge is 2.31. The van der Waals surface area contributed by atoms with Crippen molar-refractivity contribution in [2.75, 3.05) is 7.11 Å². The average molecular weight is 630 g/mol. The van der Waals surface area contributed by atoms with Crippen LogP contribution in [0.4, 0.5) is 0 Å². The topological polar surface area (TPSA) is 98.8 Å². The van der Waals surface area contributed by atoms with Gasteiger partial charge in [0.15, 0.2) is 5.78 Å². The summed E-state index contributed by atoms with van der Waals surface area (Å²) in [7, 11) is 1.69. The predicted octanol–water partition coefficient (Wildman–Crippen LogP) is 8.66. The highest BCUT2D eigenvalue weighted by Crippen LogP contribution is 2.31. The second kappa shape index (κ2) is 23.3. The molecule has 0 fully saturated rings. The van der Waals surface area contributed by atoms with Gasteiger partial charge in [-0.3, -0.25) is 19.2 Å². The number of carbonyl (C=O) groups excluding carboxylic acids is 4. The first kappa shape index (κ1) is 44.1. The van der Waals surface area contributed by atoms with Crippen molar-refractivity contribution >= 4 is 23.4 Å². The zero-order valence-corrected chi connectivity index (χ0v) is 30.9. The molecule has 2 bridgehead atoms. The number of rotatable bonds is 3. The monoisotopic (exact) mass is 629 g/mol. The van der Waals surface area contributed by atoms with Crippen LogP contribution in [0, 0.1) is 23.7 Å². The summed E-state index contributed by atoms with van der Waals surface area (Å²) in [5, 5.41) is 2.64. The number of hydrogen-bond acceptors (Lipinski definition) is 6. The van der Waals surface area contributed by atoms with Crippen molar-refractivity contribution in [1.29, 1.82) is 0 Å². The van der Waals surface area contributed by atoms with Gasteiger partial charge in [-0.25, -0.2) is 0 Å². The molecule has 0 radical (unpaired) electrons. The van der Waals surface area contributed by atoms with Crippen LogP contribution in [0.5, 0.6) is 0 Å². The predicted molar refractivity (Wildman–Crippen MR) is 186 cm³/mol. The third-order valence-electron chi connectivity index (χ3n) is 7.96. The van der Waals surface area contributed by atoms with E-state index in [2.05, 4.69) is 25.2 Å². The molecule has 0 aromatic heterocycles. The number of allylic oxidation sites excluding steroid dienone is 6. The lowest BCUT2D eigenvalue weighted by Crippen LogP contribution is -2.33. The molecule has 4 unspecified atom stereocenters. The Hall–Kier alpha value is -3.06. The fraction of sp³-hybridized carbons (Fsp3) is 0.632. The van der Waals surface area contributed by atoms with E-state index >= 15 is 0 Å². The molecular formula is C38H63NO6. The summed E-state index contributed by atoms with van der Waals surface area (Å²) in [6, 6.07) is 0. The molecule has 1 heterocycles. The number of methoxy groups -OCH3 is 1. The molecule has 0 saturated carbocycles. The number of esters is 1. The Morgan fingerprint density at radius 1 is 0.978 bits per heavy atom. The van der Waals surface area contributed by atoms with E-state index in [0.29, 0.717) is 29.6 Å². The molecule has 1 aliphatic carbocycles. The first-order valence-corrected chi connectivity index (χ1v) is 16.9. The number of ketones is 2. The number of fused-ring (bicyclic) bond motifs is 2. The van der Waals surface area contributed by atoms with Crippen LogP contribution in [0.15, 0.2) is 58.4 Å². The molecule has 7 nitrogen and oxygen atoms in total. The Balaban J connectivity index is 0. The summed E-state index contributed by atoms with van der Waals surface area (Å²) in [5.74, 6) is -1.18. The van der Waals surface area contributed by atoms with Gasteiger partial charge < -0.3 is 14.8 Å². The van der Waals surface area contributed by atoms with Crippen LogP contribution in [0.25, 0.3) is 0 Å². The number of nitrogens with one attached hydrogen (secondary N) is 1. The van der Waals surface area contributed by atoms with E-state index in [1.54, 1.807) is 33.1 Å². The van der Waals surface area contributed by atoms with Gasteiger partial charge in [0.25, 0.3) is 5.91 Å². The zero-order valence-electron chi connectivity index (χ0n) is 30.9. The Morgan fingerprint density at radius 3 is 2.07 bits per heavy atom. The van der Waals surface area contributed by atoms with Crippen LogP contribution in [-0.4, -0.2) is 42.8 Å². The van der Waals surface area contributed by atoms with Gasteiger partial charge in [0.05, 0.1) is 11.8 Å². The second-order valence-electron chi connectivity index (χ2n) is 11.1. The molecule has 256 valence electrons. The minimum atomic E-state index is -0.459. The molecule has 1 aliphatic heterocycles. The fourth-order valence-electron chi connectivity index (χ4n) is 5.27. The SMILES string of the molecule is CC.CC.CC.CCC1/C=C\C=C(/C)C(=O)NC2=CC(=O)C(C)=C(C[C@@H](C)CC(OC)C(C)[C@@H](C)/C=C(\C)C1OC(C)=O)C2=O. The van der Waals surface area contributed by atoms with Crippen LogP contribution in [0.2, 0.25) is 0 Å². The van der Waals surface area contributed by atoms with Crippen molar-refractivity contribution in [2.24, 2.45) is 23.7 Å². The number of amides is 1. The largest absolute Gasteiger partial charge is 0.457 e. The van der Waals surface area contributed by atoms with Gasteiger partial charge in [0.1, 0.15) is 6.10 Å². The molecule has 6 atom stereocenters.